The molecular weight excluding hydrogens is 258 g/mol. The minimum Gasteiger partial charge on any atom is -0.362 e. The van der Waals surface area contributed by atoms with Crippen molar-refractivity contribution < 1.29 is 4.74 Å². The van der Waals surface area contributed by atoms with Gasteiger partial charge in [-0.25, -0.2) is 0 Å². The lowest BCUT2D eigenvalue weighted by Gasteiger charge is -2.18. The Hall–Kier alpha value is -1.02. The first kappa shape index (κ1) is 18.0. The van der Waals surface area contributed by atoms with E-state index in [-0.39, 0.29) is 6.23 Å². The highest BCUT2D eigenvalue weighted by molar-refractivity contribution is 5.42. The summed E-state index contributed by atoms with van der Waals surface area (Å²) in [4.78, 5) is 0. The fourth-order valence-electron chi connectivity index (χ4n) is 2.61. The summed E-state index contributed by atoms with van der Waals surface area (Å²) in [6.07, 6.45) is 13.5. The molecule has 1 aromatic carbocycles. The molecule has 0 heterocycles. The summed E-state index contributed by atoms with van der Waals surface area (Å²) >= 11 is 0. The minimum absolute atomic E-state index is 0.136. The summed E-state index contributed by atoms with van der Waals surface area (Å²) in [5.74, 6) is 0. The van der Waals surface area contributed by atoms with Gasteiger partial charge in [-0.1, -0.05) is 76.5 Å². The number of rotatable bonds is 13. The van der Waals surface area contributed by atoms with Crippen molar-refractivity contribution in [3.8, 4) is 0 Å². The molecule has 0 amide bonds. The second-order valence-electron chi connectivity index (χ2n) is 5.85. The highest BCUT2D eigenvalue weighted by atomic mass is 16.5. The number of nitrogens with one attached hydrogen (secondary N) is 1. The van der Waals surface area contributed by atoms with Gasteiger partial charge >= 0.3 is 0 Å². The van der Waals surface area contributed by atoms with E-state index in [4.69, 9.17) is 4.74 Å². The lowest BCUT2D eigenvalue weighted by molar-refractivity contribution is 0.115. The van der Waals surface area contributed by atoms with Gasteiger partial charge in [0.15, 0.2) is 0 Å². The summed E-state index contributed by atoms with van der Waals surface area (Å²) in [5.41, 5.74) is 1.14. The zero-order chi connectivity index (χ0) is 15.2. The van der Waals surface area contributed by atoms with Crippen LogP contribution in [0.4, 0.5) is 5.69 Å². The molecule has 2 nitrogen and oxygen atoms in total. The summed E-state index contributed by atoms with van der Waals surface area (Å²) < 4.78 is 5.52. The van der Waals surface area contributed by atoms with Crippen LogP contribution in [0.3, 0.4) is 0 Å². The quantitative estimate of drug-likeness (QED) is 0.356. The van der Waals surface area contributed by atoms with Crippen molar-refractivity contribution in [2.45, 2.75) is 77.4 Å². The molecule has 1 rings (SSSR count). The largest absolute Gasteiger partial charge is 0.362 e. The SMILES string of the molecule is CCCCCCCCCCCC(Nc1ccccc1)OC. The normalized spacial score (nSPS) is 12.3. The van der Waals surface area contributed by atoms with Crippen molar-refractivity contribution in [2.24, 2.45) is 0 Å². The fraction of sp³-hybridized carbons (Fsp3) is 0.684. The lowest BCUT2D eigenvalue weighted by Crippen LogP contribution is -2.21. The highest BCUT2D eigenvalue weighted by Crippen LogP contribution is 2.14. The number of unbranched alkanes of at least 4 members (excludes halogenated alkanes) is 8. The van der Waals surface area contributed by atoms with Crippen LogP contribution in [0.2, 0.25) is 0 Å². The van der Waals surface area contributed by atoms with Crippen molar-refractivity contribution in [1.29, 1.82) is 0 Å². The number of hydrogen-bond acceptors (Lipinski definition) is 2. The number of para-hydroxylation sites is 1. The Labute approximate surface area is 131 Å². The topological polar surface area (TPSA) is 21.3 Å². The molecule has 0 bridgehead atoms. The summed E-state index contributed by atoms with van der Waals surface area (Å²) in [6.45, 7) is 2.27. The van der Waals surface area contributed by atoms with Gasteiger partial charge in [0, 0.05) is 12.8 Å². The molecule has 1 aromatic rings. The second-order valence-corrected chi connectivity index (χ2v) is 5.85. The maximum absolute atomic E-state index is 5.52. The van der Waals surface area contributed by atoms with Crippen molar-refractivity contribution in [2.75, 3.05) is 12.4 Å². The number of ether oxygens (including phenoxy) is 1. The third kappa shape index (κ3) is 9.52. The van der Waals surface area contributed by atoms with Crippen molar-refractivity contribution in [1.82, 2.24) is 0 Å². The van der Waals surface area contributed by atoms with E-state index in [0.717, 1.165) is 12.1 Å². The Morgan fingerprint density at radius 3 is 2.00 bits per heavy atom. The van der Waals surface area contributed by atoms with Crippen molar-refractivity contribution in [3.63, 3.8) is 0 Å². The maximum Gasteiger partial charge on any atom is 0.127 e. The molecule has 1 unspecified atom stereocenters. The van der Waals surface area contributed by atoms with Crippen LogP contribution in [0.1, 0.15) is 71.1 Å². The van der Waals surface area contributed by atoms with Gasteiger partial charge in [-0.15, -0.1) is 0 Å². The van der Waals surface area contributed by atoms with Crippen LogP contribution in [0.15, 0.2) is 30.3 Å². The molecule has 2 heteroatoms. The molecule has 0 aliphatic rings. The molecule has 0 aromatic heterocycles. The Kier molecular flexibility index (Phi) is 10.9. The molecule has 0 aliphatic carbocycles. The average molecular weight is 291 g/mol. The molecule has 0 fully saturated rings. The Balaban J connectivity index is 2.00. The third-order valence-electron chi connectivity index (χ3n) is 3.96. The molecule has 0 spiro atoms. The van der Waals surface area contributed by atoms with E-state index in [9.17, 15) is 0 Å². The van der Waals surface area contributed by atoms with Crippen LogP contribution >= 0.6 is 0 Å². The Bertz CT molecular complexity index is 326. The average Bonchev–Trinajstić information content (AvgIpc) is 2.53. The van der Waals surface area contributed by atoms with Gasteiger partial charge in [0.25, 0.3) is 0 Å². The zero-order valence-electron chi connectivity index (χ0n) is 13.9. The number of anilines is 1. The van der Waals surface area contributed by atoms with Gasteiger partial charge in [-0.05, 0) is 25.0 Å². The summed E-state index contributed by atoms with van der Waals surface area (Å²) in [5, 5.41) is 3.43. The highest BCUT2D eigenvalue weighted by Gasteiger charge is 2.06. The van der Waals surface area contributed by atoms with Crippen LogP contribution in [0.25, 0.3) is 0 Å². The predicted molar refractivity (Wildman–Crippen MR) is 92.7 cm³/mol. The molecule has 21 heavy (non-hydrogen) atoms. The van der Waals surface area contributed by atoms with Crippen molar-refractivity contribution >= 4 is 5.69 Å². The van der Waals surface area contributed by atoms with Gasteiger partial charge in [0.05, 0.1) is 0 Å². The Morgan fingerprint density at radius 2 is 1.43 bits per heavy atom. The Morgan fingerprint density at radius 1 is 0.857 bits per heavy atom. The molecule has 120 valence electrons. The fourth-order valence-corrected chi connectivity index (χ4v) is 2.61. The van der Waals surface area contributed by atoms with Gasteiger partial charge in [0.1, 0.15) is 6.23 Å². The van der Waals surface area contributed by atoms with Gasteiger partial charge in [0.2, 0.25) is 0 Å². The molecule has 0 radical (unpaired) electrons. The molecule has 1 N–H and O–H groups in total. The van der Waals surface area contributed by atoms with E-state index in [1.54, 1.807) is 7.11 Å². The van der Waals surface area contributed by atoms with E-state index in [1.807, 2.05) is 18.2 Å². The van der Waals surface area contributed by atoms with Crippen LogP contribution < -0.4 is 5.32 Å². The predicted octanol–water partition coefficient (Wildman–Crippen LogP) is 5.99. The molecule has 0 saturated carbocycles. The van der Waals surface area contributed by atoms with Crippen molar-refractivity contribution in [3.05, 3.63) is 30.3 Å². The summed E-state index contributed by atoms with van der Waals surface area (Å²) in [6, 6.07) is 10.3. The first-order valence-electron chi connectivity index (χ1n) is 8.71. The smallest absolute Gasteiger partial charge is 0.127 e. The first-order chi connectivity index (χ1) is 10.4. The third-order valence-corrected chi connectivity index (χ3v) is 3.96. The van der Waals surface area contributed by atoms with E-state index < -0.39 is 0 Å². The van der Waals surface area contributed by atoms with Crippen LogP contribution in [-0.2, 0) is 4.74 Å². The van der Waals surface area contributed by atoms with E-state index >= 15 is 0 Å². The molecule has 1 atom stereocenters. The standard InChI is InChI=1S/C19H33NO/c1-3-4-5-6-7-8-9-10-14-17-19(21-2)20-18-15-12-11-13-16-18/h11-13,15-16,19-20H,3-10,14,17H2,1-2H3. The van der Waals surface area contributed by atoms with Gasteiger partial charge in [-0.2, -0.15) is 0 Å². The molecule has 0 saturated heterocycles. The zero-order valence-corrected chi connectivity index (χ0v) is 13.9. The number of benzene rings is 1. The van der Waals surface area contributed by atoms with Gasteiger partial charge < -0.3 is 10.1 Å². The van der Waals surface area contributed by atoms with Crippen LogP contribution in [-0.4, -0.2) is 13.3 Å². The molecular formula is C19H33NO. The number of hydrogen-bond donors (Lipinski definition) is 1. The van der Waals surface area contributed by atoms with Gasteiger partial charge in [-0.3, -0.25) is 0 Å². The van der Waals surface area contributed by atoms with E-state index in [0.29, 0.717) is 0 Å². The first-order valence-corrected chi connectivity index (χ1v) is 8.71. The lowest BCUT2D eigenvalue weighted by atomic mass is 10.1. The summed E-state index contributed by atoms with van der Waals surface area (Å²) in [7, 11) is 1.79. The van der Waals surface area contributed by atoms with E-state index in [2.05, 4.69) is 24.4 Å². The molecule has 0 aliphatic heterocycles. The maximum atomic E-state index is 5.52. The number of methoxy groups -OCH3 is 1. The van der Waals surface area contributed by atoms with E-state index in [1.165, 1.54) is 57.8 Å². The monoisotopic (exact) mass is 291 g/mol. The van der Waals surface area contributed by atoms with Crippen LogP contribution in [0, 0.1) is 0 Å². The minimum atomic E-state index is 0.136. The second kappa shape index (κ2) is 12.7. The van der Waals surface area contributed by atoms with Crippen LogP contribution in [0.5, 0.6) is 0 Å².